The molecule has 0 amide bonds. The van der Waals surface area contributed by atoms with Crippen molar-refractivity contribution in [2.24, 2.45) is 0 Å². The average molecular weight is 206 g/mol. The van der Waals surface area contributed by atoms with Crippen molar-refractivity contribution in [3.05, 3.63) is 41.3 Å². The Kier molecular flexibility index (Phi) is 2.41. The molecule has 4 heteroatoms. The second-order valence-electron chi connectivity index (χ2n) is 2.90. The van der Waals surface area contributed by atoms with Crippen molar-refractivity contribution in [1.29, 1.82) is 0 Å². The van der Waals surface area contributed by atoms with Gasteiger partial charge in [-0.1, -0.05) is 23.7 Å². The summed E-state index contributed by atoms with van der Waals surface area (Å²) in [6, 6.07) is 7.42. The summed E-state index contributed by atoms with van der Waals surface area (Å²) < 4.78 is 0. The Balaban J connectivity index is 2.40. The van der Waals surface area contributed by atoms with Gasteiger partial charge in [0.25, 0.3) is 0 Å². The zero-order valence-electron chi connectivity index (χ0n) is 7.61. The van der Waals surface area contributed by atoms with E-state index in [0.29, 0.717) is 10.8 Å². The predicted molar refractivity (Wildman–Crippen MR) is 55.0 cm³/mol. The van der Waals surface area contributed by atoms with E-state index >= 15 is 0 Å². The molecule has 1 aromatic carbocycles. The van der Waals surface area contributed by atoms with Crippen molar-refractivity contribution in [2.45, 2.75) is 6.92 Å². The second-order valence-corrected chi connectivity index (χ2v) is 3.33. The van der Waals surface area contributed by atoms with Gasteiger partial charge in [0, 0.05) is 10.6 Å². The zero-order valence-corrected chi connectivity index (χ0v) is 8.36. The molecule has 0 fully saturated rings. The highest BCUT2D eigenvalue weighted by atomic mass is 35.5. The molecule has 14 heavy (non-hydrogen) atoms. The zero-order chi connectivity index (χ0) is 9.97. The first-order chi connectivity index (χ1) is 6.75. The molecule has 0 atom stereocenters. The lowest BCUT2D eigenvalue weighted by atomic mass is 10.2. The first kappa shape index (κ1) is 9.09. The molecule has 2 rings (SSSR count). The van der Waals surface area contributed by atoms with Crippen molar-refractivity contribution < 1.29 is 0 Å². The van der Waals surface area contributed by atoms with Crippen LogP contribution < -0.4 is 0 Å². The first-order valence-electron chi connectivity index (χ1n) is 4.18. The van der Waals surface area contributed by atoms with E-state index in [1.54, 1.807) is 13.1 Å². The van der Waals surface area contributed by atoms with E-state index in [-0.39, 0.29) is 0 Å². The van der Waals surface area contributed by atoms with E-state index in [4.69, 9.17) is 11.6 Å². The highest BCUT2D eigenvalue weighted by molar-refractivity contribution is 6.30. The summed E-state index contributed by atoms with van der Waals surface area (Å²) in [5.41, 5.74) is 1.72. The van der Waals surface area contributed by atoms with Gasteiger partial charge in [0.15, 0.2) is 0 Å². The van der Waals surface area contributed by atoms with E-state index < -0.39 is 0 Å². The number of halogens is 1. The van der Waals surface area contributed by atoms with E-state index in [1.807, 2.05) is 24.3 Å². The van der Waals surface area contributed by atoms with Crippen LogP contribution in [0.4, 0.5) is 0 Å². The summed E-state index contributed by atoms with van der Waals surface area (Å²) in [7, 11) is 0. The molecular weight excluding hydrogens is 198 g/mol. The van der Waals surface area contributed by atoms with Gasteiger partial charge in [0.2, 0.25) is 0 Å². The van der Waals surface area contributed by atoms with Crippen LogP contribution in [0.3, 0.4) is 0 Å². The number of hydrogen-bond donors (Lipinski definition) is 0. The lowest BCUT2D eigenvalue weighted by molar-refractivity contribution is 0.914. The normalized spacial score (nSPS) is 10.1. The van der Waals surface area contributed by atoms with Gasteiger partial charge in [-0.15, -0.1) is 10.2 Å². The van der Waals surface area contributed by atoms with Gasteiger partial charge in [-0.2, -0.15) is 0 Å². The lowest BCUT2D eigenvalue weighted by Crippen LogP contribution is -1.92. The second kappa shape index (κ2) is 3.72. The van der Waals surface area contributed by atoms with Gasteiger partial charge < -0.3 is 0 Å². The van der Waals surface area contributed by atoms with Crippen LogP contribution in [-0.4, -0.2) is 15.2 Å². The first-order valence-corrected chi connectivity index (χ1v) is 4.56. The maximum atomic E-state index is 5.77. The van der Waals surface area contributed by atoms with Crippen LogP contribution >= 0.6 is 11.6 Å². The third-order valence-corrected chi connectivity index (χ3v) is 2.07. The molecule has 0 aliphatic rings. The molecule has 0 spiro atoms. The minimum Gasteiger partial charge on any atom is -0.237 e. The molecule has 0 unspecified atom stereocenters. The van der Waals surface area contributed by atoms with Crippen LogP contribution in [0.1, 0.15) is 5.82 Å². The molecule has 1 aromatic heterocycles. The molecule has 1 heterocycles. The van der Waals surface area contributed by atoms with Gasteiger partial charge in [-0.25, -0.2) is 4.98 Å². The van der Waals surface area contributed by atoms with Gasteiger partial charge in [0.05, 0.1) is 6.20 Å². The molecule has 0 aliphatic carbocycles. The third-order valence-electron chi connectivity index (χ3n) is 1.82. The van der Waals surface area contributed by atoms with Crippen molar-refractivity contribution >= 4 is 11.6 Å². The molecule has 3 nitrogen and oxygen atoms in total. The quantitative estimate of drug-likeness (QED) is 0.718. The topological polar surface area (TPSA) is 38.7 Å². The number of aromatic nitrogens is 3. The fourth-order valence-corrected chi connectivity index (χ4v) is 1.21. The summed E-state index contributed by atoms with van der Waals surface area (Å²) in [5, 5.41) is 8.62. The molecule has 0 bridgehead atoms. The molecule has 0 saturated carbocycles. The Morgan fingerprint density at radius 2 is 1.79 bits per heavy atom. The minimum absolute atomic E-state index is 0.669. The van der Waals surface area contributed by atoms with Crippen LogP contribution in [0.15, 0.2) is 30.5 Å². The minimum atomic E-state index is 0.669. The van der Waals surface area contributed by atoms with Crippen molar-refractivity contribution in [3.63, 3.8) is 0 Å². The SMILES string of the molecule is Cc1ncc(-c2ccc(Cl)cc2)nn1. The average Bonchev–Trinajstić information content (AvgIpc) is 2.21. The number of benzene rings is 1. The molecule has 0 radical (unpaired) electrons. The fraction of sp³-hybridized carbons (Fsp3) is 0.100. The highest BCUT2D eigenvalue weighted by Gasteiger charge is 1.99. The largest absolute Gasteiger partial charge is 0.237 e. The maximum Gasteiger partial charge on any atom is 0.147 e. The maximum absolute atomic E-state index is 5.77. The smallest absolute Gasteiger partial charge is 0.147 e. The Morgan fingerprint density at radius 1 is 1.07 bits per heavy atom. The molecule has 2 aromatic rings. The summed E-state index contributed by atoms with van der Waals surface area (Å²) in [4.78, 5) is 4.07. The summed E-state index contributed by atoms with van der Waals surface area (Å²) in [6.45, 7) is 1.80. The number of aryl methyl sites for hydroxylation is 1. The van der Waals surface area contributed by atoms with Crippen LogP contribution in [0.2, 0.25) is 5.02 Å². The van der Waals surface area contributed by atoms with Crippen LogP contribution in [0.25, 0.3) is 11.3 Å². The standard InChI is InChI=1S/C10H8ClN3/c1-7-12-6-10(14-13-7)8-2-4-9(11)5-3-8/h2-6H,1H3. The Morgan fingerprint density at radius 3 is 2.36 bits per heavy atom. The van der Waals surface area contributed by atoms with Crippen LogP contribution in [0, 0.1) is 6.92 Å². The number of rotatable bonds is 1. The van der Waals surface area contributed by atoms with E-state index in [9.17, 15) is 0 Å². The Hall–Kier alpha value is -1.48. The van der Waals surface area contributed by atoms with Gasteiger partial charge in [-0.3, -0.25) is 0 Å². The molecule has 0 aliphatic heterocycles. The molecule has 70 valence electrons. The van der Waals surface area contributed by atoms with E-state index in [0.717, 1.165) is 11.3 Å². The number of nitrogens with zero attached hydrogens (tertiary/aromatic N) is 3. The predicted octanol–water partition coefficient (Wildman–Crippen LogP) is 2.50. The number of hydrogen-bond acceptors (Lipinski definition) is 3. The monoisotopic (exact) mass is 205 g/mol. The summed E-state index contributed by atoms with van der Waals surface area (Å²) >= 11 is 5.77. The van der Waals surface area contributed by atoms with Crippen molar-refractivity contribution in [1.82, 2.24) is 15.2 Å². The fourth-order valence-electron chi connectivity index (χ4n) is 1.09. The van der Waals surface area contributed by atoms with Crippen molar-refractivity contribution in [2.75, 3.05) is 0 Å². The lowest BCUT2D eigenvalue weighted by Gasteiger charge is -1.98. The summed E-state index contributed by atoms with van der Waals surface area (Å²) in [6.07, 6.45) is 1.70. The van der Waals surface area contributed by atoms with Crippen LogP contribution in [0.5, 0.6) is 0 Å². The molecule has 0 saturated heterocycles. The Labute approximate surface area is 86.8 Å². The molecule has 0 N–H and O–H groups in total. The van der Waals surface area contributed by atoms with Gasteiger partial charge in [0.1, 0.15) is 11.5 Å². The highest BCUT2D eigenvalue weighted by Crippen LogP contribution is 2.17. The summed E-state index contributed by atoms with van der Waals surface area (Å²) in [5.74, 6) is 0.669. The van der Waals surface area contributed by atoms with Crippen molar-refractivity contribution in [3.8, 4) is 11.3 Å². The third kappa shape index (κ3) is 1.88. The van der Waals surface area contributed by atoms with E-state index in [1.165, 1.54) is 0 Å². The Bertz CT molecular complexity index is 379. The van der Waals surface area contributed by atoms with Gasteiger partial charge >= 0.3 is 0 Å². The molecular formula is C10H8ClN3. The van der Waals surface area contributed by atoms with Crippen LogP contribution in [-0.2, 0) is 0 Å². The van der Waals surface area contributed by atoms with Gasteiger partial charge in [-0.05, 0) is 19.1 Å². The van der Waals surface area contributed by atoms with E-state index in [2.05, 4.69) is 15.2 Å².